The molecule has 3 nitrogen and oxygen atoms in total. The van der Waals surface area contributed by atoms with Gasteiger partial charge in [0.1, 0.15) is 5.82 Å². The maximum Gasteiger partial charge on any atom is 0.222 e. The Kier molecular flexibility index (Phi) is 5.28. The molecule has 0 bridgehead atoms. The average Bonchev–Trinajstić information content (AvgIpc) is 2.94. The Hall–Kier alpha value is -2.14. The third kappa shape index (κ3) is 3.72. The second-order valence-electron chi connectivity index (χ2n) is 7.91. The summed E-state index contributed by atoms with van der Waals surface area (Å²) in [5, 5.41) is 4.41. The lowest BCUT2D eigenvalue weighted by molar-refractivity contribution is -0.124. The number of amides is 1. The van der Waals surface area contributed by atoms with Gasteiger partial charge in [-0.2, -0.15) is 0 Å². The summed E-state index contributed by atoms with van der Waals surface area (Å²) in [7, 11) is 0. The second kappa shape index (κ2) is 7.70. The summed E-state index contributed by atoms with van der Waals surface area (Å²) in [4.78, 5) is 12.2. The van der Waals surface area contributed by atoms with Crippen LogP contribution in [-0.4, -0.2) is 16.5 Å². The summed E-state index contributed by atoms with van der Waals surface area (Å²) in [5.41, 5.74) is 4.71. The number of nitrogens with one attached hydrogen (secondary N) is 1. The molecule has 0 fully saturated rings. The number of fused-ring (bicyclic) bond motifs is 3. The van der Waals surface area contributed by atoms with E-state index in [0.717, 1.165) is 34.8 Å². The minimum atomic E-state index is -0.206. The SMILES string of the molecule is CC(C)C(=O)NC1CCc2c(c3cc(Br)ccc3n2Cc2cccc(F)c2)C1. The predicted octanol–water partition coefficient (Wildman–Crippen LogP) is 5.22. The molecule has 28 heavy (non-hydrogen) atoms. The number of carbonyl (C=O) groups is 1. The van der Waals surface area contributed by atoms with E-state index in [1.54, 1.807) is 12.1 Å². The minimum Gasteiger partial charge on any atom is -0.353 e. The maximum atomic E-state index is 13.7. The average molecular weight is 443 g/mol. The zero-order valence-corrected chi connectivity index (χ0v) is 17.7. The number of rotatable bonds is 4. The molecular weight excluding hydrogens is 419 g/mol. The molecule has 2 aromatic carbocycles. The highest BCUT2D eigenvalue weighted by atomic mass is 79.9. The molecule has 0 saturated carbocycles. The number of hydrogen-bond donors (Lipinski definition) is 1. The molecule has 1 N–H and O–H groups in total. The van der Waals surface area contributed by atoms with Gasteiger partial charge < -0.3 is 9.88 Å². The van der Waals surface area contributed by atoms with Gasteiger partial charge in [0.2, 0.25) is 5.91 Å². The fraction of sp³-hybridized carbons (Fsp3) is 0.348. The van der Waals surface area contributed by atoms with Gasteiger partial charge in [-0.25, -0.2) is 4.39 Å². The predicted molar refractivity (Wildman–Crippen MR) is 114 cm³/mol. The number of hydrogen-bond acceptors (Lipinski definition) is 1. The first-order valence-electron chi connectivity index (χ1n) is 9.76. The summed E-state index contributed by atoms with van der Waals surface area (Å²) in [6.07, 6.45) is 2.66. The molecule has 1 aliphatic carbocycles. The van der Waals surface area contributed by atoms with Crippen LogP contribution in [0.25, 0.3) is 10.9 Å². The van der Waals surface area contributed by atoms with Crippen LogP contribution in [0, 0.1) is 11.7 Å². The van der Waals surface area contributed by atoms with Crippen molar-refractivity contribution >= 4 is 32.7 Å². The van der Waals surface area contributed by atoms with E-state index in [9.17, 15) is 9.18 Å². The zero-order valence-electron chi connectivity index (χ0n) is 16.1. The monoisotopic (exact) mass is 442 g/mol. The molecule has 1 heterocycles. The van der Waals surface area contributed by atoms with E-state index in [2.05, 4.69) is 37.9 Å². The van der Waals surface area contributed by atoms with Crippen LogP contribution in [0.5, 0.6) is 0 Å². The third-order valence-electron chi connectivity index (χ3n) is 5.53. The topological polar surface area (TPSA) is 34.0 Å². The molecule has 5 heteroatoms. The molecule has 1 aliphatic rings. The van der Waals surface area contributed by atoms with Gasteiger partial charge in [0, 0.05) is 39.6 Å². The molecule has 0 aliphatic heterocycles. The first kappa shape index (κ1) is 19.2. The highest BCUT2D eigenvalue weighted by Crippen LogP contribution is 2.34. The van der Waals surface area contributed by atoms with Crippen molar-refractivity contribution in [2.45, 2.75) is 45.7 Å². The Morgan fingerprint density at radius 3 is 2.86 bits per heavy atom. The highest BCUT2D eigenvalue weighted by Gasteiger charge is 2.27. The highest BCUT2D eigenvalue weighted by molar-refractivity contribution is 9.10. The van der Waals surface area contributed by atoms with E-state index >= 15 is 0 Å². The largest absolute Gasteiger partial charge is 0.353 e. The summed E-state index contributed by atoms with van der Waals surface area (Å²) in [6.45, 7) is 4.49. The molecule has 0 radical (unpaired) electrons. The van der Waals surface area contributed by atoms with E-state index in [4.69, 9.17) is 0 Å². The van der Waals surface area contributed by atoms with Crippen LogP contribution < -0.4 is 5.32 Å². The molecule has 3 aromatic rings. The normalized spacial score (nSPS) is 16.4. The fourth-order valence-corrected chi connectivity index (χ4v) is 4.47. The van der Waals surface area contributed by atoms with E-state index in [-0.39, 0.29) is 23.7 Å². The van der Waals surface area contributed by atoms with Gasteiger partial charge in [0.25, 0.3) is 0 Å². The lowest BCUT2D eigenvalue weighted by Crippen LogP contribution is -2.41. The van der Waals surface area contributed by atoms with Crippen LogP contribution in [0.4, 0.5) is 4.39 Å². The Morgan fingerprint density at radius 1 is 1.29 bits per heavy atom. The lowest BCUT2D eigenvalue weighted by Gasteiger charge is -2.26. The van der Waals surface area contributed by atoms with E-state index < -0.39 is 0 Å². The molecule has 1 aromatic heterocycles. The fourth-order valence-electron chi connectivity index (χ4n) is 4.11. The van der Waals surface area contributed by atoms with Gasteiger partial charge in [-0.15, -0.1) is 0 Å². The number of nitrogens with zero attached hydrogens (tertiary/aromatic N) is 1. The smallest absolute Gasteiger partial charge is 0.222 e. The Morgan fingerprint density at radius 2 is 2.11 bits per heavy atom. The quantitative estimate of drug-likeness (QED) is 0.590. The van der Waals surface area contributed by atoms with Crippen molar-refractivity contribution in [3.8, 4) is 0 Å². The van der Waals surface area contributed by atoms with Gasteiger partial charge in [0.05, 0.1) is 0 Å². The van der Waals surface area contributed by atoms with E-state index in [1.807, 2.05) is 26.0 Å². The molecule has 0 spiro atoms. The van der Waals surface area contributed by atoms with Crippen LogP contribution in [0.3, 0.4) is 0 Å². The number of carbonyl (C=O) groups excluding carboxylic acids is 1. The minimum absolute atomic E-state index is 0.00939. The third-order valence-corrected chi connectivity index (χ3v) is 6.02. The van der Waals surface area contributed by atoms with Crippen LogP contribution in [0.15, 0.2) is 46.9 Å². The van der Waals surface area contributed by atoms with Crippen molar-refractivity contribution in [1.82, 2.24) is 9.88 Å². The molecule has 1 atom stereocenters. The standard InChI is InChI=1S/C23H24BrFN2O/c1-14(2)23(28)26-18-7-9-22-20(12-18)19-11-16(24)6-8-21(19)27(22)13-15-4-3-5-17(25)10-15/h3-6,8,10-11,14,18H,7,9,12-13H2,1-2H3,(H,26,28). The van der Waals surface area contributed by atoms with Crippen molar-refractivity contribution in [1.29, 1.82) is 0 Å². The lowest BCUT2D eigenvalue weighted by atomic mass is 9.91. The van der Waals surface area contributed by atoms with Crippen molar-refractivity contribution in [2.75, 3.05) is 0 Å². The maximum absolute atomic E-state index is 13.7. The van der Waals surface area contributed by atoms with Crippen molar-refractivity contribution in [3.05, 3.63) is 69.6 Å². The Bertz CT molecular complexity index is 1040. The van der Waals surface area contributed by atoms with Crippen LogP contribution >= 0.6 is 15.9 Å². The van der Waals surface area contributed by atoms with Crippen molar-refractivity contribution in [2.24, 2.45) is 5.92 Å². The van der Waals surface area contributed by atoms with Gasteiger partial charge >= 0.3 is 0 Å². The summed E-state index contributed by atoms with van der Waals surface area (Å²) in [6, 6.07) is 13.3. The van der Waals surface area contributed by atoms with Gasteiger partial charge in [0.15, 0.2) is 0 Å². The van der Waals surface area contributed by atoms with E-state index in [1.165, 1.54) is 22.7 Å². The molecular formula is C23H24BrFN2O. The Balaban J connectivity index is 1.73. The molecule has 4 rings (SSSR count). The van der Waals surface area contributed by atoms with E-state index in [0.29, 0.717) is 6.54 Å². The van der Waals surface area contributed by atoms with Crippen molar-refractivity contribution < 1.29 is 9.18 Å². The summed E-state index contributed by atoms with van der Waals surface area (Å²) in [5.74, 6) is -0.106. The summed E-state index contributed by atoms with van der Waals surface area (Å²) >= 11 is 3.59. The first-order valence-corrected chi connectivity index (χ1v) is 10.6. The second-order valence-corrected chi connectivity index (χ2v) is 8.82. The van der Waals surface area contributed by atoms with Crippen molar-refractivity contribution in [3.63, 3.8) is 0 Å². The molecule has 1 amide bonds. The van der Waals surface area contributed by atoms with Crippen LogP contribution in [0.2, 0.25) is 0 Å². The summed E-state index contributed by atoms with van der Waals surface area (Å²) < 4.78 is 17.0. The molecule has 0 saturated heterocycles. The molecule has 146 valence electrons. The van der Waals surface area contributed by atoms with Crippen LogP contribution in [-0.2, 0) is 24.2 Å². The van der Waals surface area contributed by atoms with Gasteiger partial charge in [-0.1, -0.05) is 41.9 Å². The molecule has 1 unspecified atom stereocenters. The zero-order chi connectivity index (χ0) is 19.8. The van der Waals surface area contributed by atoms with Gasteiger partial charge in [-0.3, -0.25) is 4.79 Å². The van der Waals surface area contributed by atoms with Crippen LogP contribution in [0.1, 0.15) is 37.1 Å². The first-order chi connectivity index (χ1) is 13.4. The number of halogens is 2. The number of aromatic nitrogens is 1. The van der Waals surface area contributed by atoms with Gasteiger partial charge in [-0.05, 0) is 60.7 Å². The Labute approximate surface area is 173 Å². The number of benzene rings is 2.